The normalized spacial score (nSPS) is 11.8. The number of methoxy groups -OCH3 is 1. The molecule has 0 saturated carbocycles. The second kappa shape index (κ2) is 8.75. The number of halogens is 1. The van der Waals surface area contributed by atoms with E-state index >= 15 is 0 Å². The number of para-hydroxylation sites is 1. The summed E-state index contributed by atoms with van der Waals surface area (Å²) in [6, 6.07) is 13.1. The van der Waals surface area contributed by atoms with Crippen LogP contribution in [0.5, 0.6) is 5.75 Å². The Morgan fingerprint density at radius 2 is 1.96 bits per heavy atom. The van der Waals surface area contributed by atoms with E-state index < -0.39 is 0 Å². The lowest BCUT2D eigenvalue weighted by atomic mass is 10.1. The lowest BCUT2D eigenvalue weighted by Gasteiger charge is -2.14. The van der Waals surface area contributed by atoms with Gasteiger partial charge in [-0.15, -0.1) is 10.2 Å². The molecule has 3 rings (SSSR count). The molecule has 3 aromatic rings. The van der Waals surface area contributed by atoms with Crippen LogP contribution in [0.15, 0.2) is 53.7 Å². The summed E-state index contributed by atoms with van der Waals surface area (Å²) in [7, 11) is 1.57. The van der Waals surface area contributed by atoms with Gasteiger partial charge in [0.25, 0.3) is 0 Å². The largest absolute Gasteiger partial charge is 0.496 e. The minimum Gasteiger partial charge on any atom is -0.496 e. The van der Waals surface area contributed by atoms with Crippen molar-refractivity contribution in [2.75, 3.05) is 18.7 Å². The lowest BCUT2D eigenvalue weighted by Crippen LogP contribution is -2.28. The monoisotopic (exact) mass is 401 g/mol. The Hall–Kier alpha value is -3.07. The SMILES string of the molecule is COc1ccccc1-c1nnc(SCC(=O)N[C@H](C)c2ccc(F)cc2)n1N. The van der Waals surface area contributed by atoms with E-state index in [9.17, 15) is 9.18 Å². The first kappa shape index (κ1) is 19.7. The second-order valence-corrected chi connectivity index (χ2v) is 6.95. The van der Waals surface area contributed by atoms with Crippen LogP contribution >= 0.6 is 11.8 Å². The summed E-state index contributed by atoms with van der Waals surface area (Å²) in [6.07, 6.45) is 0. The fourth-order valence-electron chi connectivity index (χ4n) is 2.64. The van der Waals surface area contributed by atoms with Crippen molar-refractivity contribution in [3.8, 4) is 17.1 Å². The van der Waals surface area contributed by atoms with Crippen LogP contribution in [0, 0.1) is 5.82 Å². The van der Waals surface area contributed by atoms with Gasteiger partial charge < -0.3 is 15.9 Å². The van der Waals surface area contributed by atoms with Crippen LogP contribution in [-0.2, 0) is 4.79 Å². The average Bonchev–Trinajstić information content (AvgIpc) is 3.07. The third-order valence-corrected chi connectivity index (χ3v) is 5.04. The van der Waals surface area contributed by atoms with E-state index in [1.165, 1.54) is 28.6 Å². The van der Waals surface area contributed by atoms with Crippen LogP contribution in [-0.4, -0.2) is 33.6 Å². The summed E-state index contributed by atoms with van der Waals surface area (Å²) in [6.45, 7) is 1.83. The van der Waals surface area contributed by atoms with E-state index in [4.69, 9.17) is 10.6 Å². The van der Waals surface area contributed by atoms with Gasteiger partial charge in [0.1, 0.15) is 11.6 Å². The highest BCUT2D eigenvalue weighted by molar-refractivity contribution is 7.99. The molecular formula is C19H20FN5O2S. The summed E-state index contributed by atoms with van der Waals surface area (Å²) >= 11 is 1.18. The minimum atomic E-state index is -0.314. The predicted octanol–water partition coefficient (Wildman–Crippen LogP) is 2.78. The van der Waals surface area contributed by atoms with Gasteiger partial charge in [-0.1, -0.05) is 36.0 Å². The molecule has 0 aliphatic heterocycles. The maximum Gasteiger partial charge on any atom is 0.230 e. The van der Waals surface area contributed by atoms with Crippen LogP contribution in [0.3, 0.4) is 0 Å². The molecule has 0 aliphatic rings. The zero-order chi connectivity index (χ0) is 20.1. The number of amides is 1. The first-order valence-electron chi connectivity index (χ1n) is 8.51. The summed E-state index contributed by atoms with van der Waals surface area (Å²) in [5.74, 6) is 6.79. The van der Waals surface area contributed by atoms with Crippen molar-refractivity contribution in [2.24, 2.45) is 0 Å². The molecule has 7 nitrogen and oxygen atoms in total. The molecule has 146 valence electrons. The zero-order valence-electron chi connectivity index (χ0n) is 15.4. The Kier molecular flexibility index (Phi) is 6.15. The zero-order valence-corrected chi connectivity index (χ0v) is 16.2. The first-order valence-corrected chi connectivity index (χ1v) is 9.49. The average molecular weight is 401 g/mol. The number of thioether (sulfide) groups is 1. The molecule has 1 aromatic heterocycles. The molecule has 1 atom stereocenters. The molecule has 28 heavy (non-hydrogen) atoms. The first-order chi connectivity index (χ1) is 13.5. The highest BCUT2D eigenvalue weighted by Crippen LogP contribution is 2.29. The number of nitrogen functional groups attached to an aromatic ring is 1. The van der Waals surface area contributed by atoms with E-state index in [1.807, 2.05) is 25.1 Å². The number of nitrogens with two attached hydrogens (primary N) is 1. The van der Waals surface area contributed by atoms with Gasteiger partial charge in [0.2, 0.25) is 11.1 Å². The standard InChI is InChI=1S/C19H20FN5O2S/c1-12(13-7-9-14(20)10-8-13)22-17(26)11-28-19-24-23-18(25(19)21)15-5-3-4-6-16(15)27-2/h3-10,12H,11,21H2,1-2H3,(H,22,26)/t12-/m1/s1. The van der Waals surface area contributed by atoms with E-state index in [1.54, 1.807) is 25.3 Å². The molecule has 0 saturated heterocycles. The van der Waals surface area contributed by atoms with Gasteiger partial charge in [-0.2, -0.15) is 0 Å². The number of nitrogens with one attached hydrogen (secondary N) is 1. The molecule has 0 unspecified atom stereocenters. The van der Waals surface area contributed by atoms with E-state index in [-0.39, 0.29) is 23.5 Å². The van der Waals surface area contributed by atoms with Crippen molar-refractivity contribution in [3.63, 3.8) is 0 Å². The van der Waals surface area contributed by atoms with Gasteiger partial charge in [0, 0.05) is 0 Å². The Morgan fingerprint density at radius 3 is 2.68 bits per heavy atom. The Balaban J connectivity index is 1.63. The highest BCUT2D eigenvalue weighted by atomic mass is 32.2. The van der Waals surface area contributed by atoms with Gasteiger partial charge in [0.05, 0.1) is 24.5 Å². The van der Waals surface area contributed by atoms with E-state index in [0.717, 1.165) is 5.56 Å². The quantitative estimate of drug-likeness (QED) is 0.467. The summed E-state index contributed by atoms with van der Waals surface area (Å²) < 4.78 is 19.7. The fraction of sp³-hybridized carbons (Fsp3) is 0.211. The van der Waals surface area contributed by atoms with Crippen molar-refractivity contribution in [1.82, 2.24) is 20.2 Å². The smallest absolute Gasteiger partial charge is 0.230 e. The number of carbonyl (C=O) groups is 1. The van der Waals surface area contributed by atoms with Gasteiger partial charge in [0.15, 0.2) is 5.82 Å². The molecule has 9 heteroatoms. The Morgan fingerprint density at radius 1 is 1.25 bits per heavy atom. The topological polar surface area (TPSA) is 95.1 Å². The summed E-state index contributed by atoms with van der Waals surface area (Å²) in [5.41, 5.74) is 1.53. The maximum absolute atomic E-state index is 13.0. The molecule has 0 bridgehead atoms. The van der Waals surface area contributed by atoms with Crippen LogP contribution in [0.25, 0.3) is 11.4 Å². The predicted molar refractivity (Wildman–Crippen MR) is 106 cm³/mol. The van der Waals surface area contributed by atoms with Crippen LogP contribution in [0.4, 0.5) is 4.39 Å². The summed E-state index contributed by atoms with van der Waals surface area (Å²) in [4.78, 5) is 12.2. The molecule has 0 aliphatic carbocycles. The molecule has 1 amide bonds. The third-order valence-electron chi connectivity index (χ3n) is 4.09. The highest BCUT2D eigenvalue weighted by Gasteiger charge is 2.17. The van der Waals surface area contributed by atoms with Crippen LogP contribution in [0.1, 0.15) is 18.5 Å². The minimum absolute atomic E-state index is 0.118. The van der Waals surface area contributed by atoms with Gasteiger partial charge in [-0.3, -0.25) is 4.79 Å². The Bertz CT molecular complexity index is 961. The number of ether oxygens (including phenoxy) is 1. The summed E-state index contributed by atoms with van der Waals surface area (Å²) in [5, 5.41) is 11.4. The molecule has 0 radical (unpaired) electrons. The number of rotatable bonds is 7. The van der Waals surface area contributed by atoms with Gasteiger partial charge in [-0.25, -0.2) is 9.07 Å². The number of hydrogen-bond donors (Lipinski definition) is 2. The van der Waals surface area contributed by atoms with E-state index in [2.05, 4.69) is 15.5 Å². The molecule has 0 fully saturated rings. The Labute approximate surface area is 166 Å². The third kappa shape index (κ3) is 4.42. The lowest BCUT2D eigenvalue weighted by molar-refractivity contribution is -0.119. The van der Waals surface area contributed by atoms with Crippen molar-refractivity contribution in [1.29, 1.82) is 0 Å². The molecule has 1 heterocycles. The number of benzene rings is 2. The van der Waals surface area contributed by atoms with Crippen molar-refractivity contribution in [3.05, 3.63) is 59.9 Å². The number of aromatic nitrogens is 3. The fourth-order valence-corrected chi connectivity index (χ4v) is 3.30. The number of carbonyl (C=O) groups excluding carboxylic acids is 1. The molecule has 0 spiro atoms. The van der Waals surface area contributed by atoms with Gasteiger partial charge >= 0.3 is 0 Å². The molecular weight excluding hydrogens is 381 g/mol. The van der Waals surface area contributed by atoms with Crippen molar-refractivity contribution in [2.45, 2.75) is 18.1 Å². The van der Waals surface area contributed by atoms with Gasteiger partial charge in [-0.05, 0) is 36.8 Å². The molecule has 3 N–H and O–H groups in total. The maximum atomic E-state index is 13.0. The molecule has 2 aromatic carbocycles. The van der Waals surface area contributed by atoms with Crippen LogP contribution < -0.4 is 15.9 Å². The number of hydrogen-bond acceptors (Lipinski definition) is 6. The van der Waals surface area contributed by atoms with Crippen molar-refractivity contribution < 1.29 is 13.9 Å². The van der Waals surface area contributed by atoms with Crippen molar-refractivity contribution >= 4 is 17.7 Å². The number of nitrogens with zero attached hydrogens (tertiary/aromatic N) is 3. The second-order valence-electron chi connectivity index (χ2n) is 6.01. The van der Waals surface area contributed by atoms with Crippen LogP contribution in [0.2, 0.25) is 0 Å². The van der Waals surface area contributed by atoms with E-state index in [0.29, 0.717) is 22.3 Å².